The van der Waals surface area contributed by atoms with Gasteiger partial charge in [0.25, 0.3) is 0 Å². The van der Waals surface area contributed by atoms with Crippen LogP contribution in [0.25, 0.3) is 0 Å². The predicted octanol–water partition coefficient (Wildman–Crippen LogP) is 2.57. The number of hydrogen-bond acceptors (Lipinski definition) is 6. The first-order valence-corrected chi connectivity index (χ1v) is 15.2. The first-order valence-electron chi connectivity index (χ1n) is 14.8. The van der Waals surface area contributed by atoms with Crippen LogP contribution in [0.2, 0.25) is 0 Å². The number of aliphatic hydroxyl groups excluding tert-OH is 1. The minimum atomic E-state index is -0.764. The highest BCUT2D eigenvalue weighted by atomic mass is 35.5. The Morgan fingerprint density at radius 2 is 2.05 bits per heavy atom. The third-order valence-corrected chi connectivity index (χ3v) is 9.23. The van der Waals surface area contributed by atoms with E-state index in [0.29, 0.717) is 0 Å². The van der Waals surface area contributed by atoms with Crippen molar-refractivity contribution < 1.29 is 19.2 Å². The summed E-state index contributed by atoms with van der Waals surface area (Å²) in [5.74, 6) is -0.621. The van der Waals surface area contributed by atoms with Gasteiger partial charge in [0.05, 0.1) is 37.9 Å². The molecule has 0 radical (unpaired) electrons. The molecule has 8 nitrogen and oxygen atoms in total. The van der Waals surface area contributed by atoms with E-state index in [4.69, 9.17) is 27.8 Å². The van der Waals surface area contributed by atoms with Crippen LogP contribution in [0.3, 0.4) is 0 Å². The van der Waals surface area contributed by atoms with E-state index in [1.807, 2.05) is 0 Å². The molecule has 6 N–H and O–H groups in total. The number of piperidine rings is 1. The number of rotatable bonds is 14. The summed E-state index contributed by atoms with van der Waals surface area (Å²) in [5.41, 5.74) is 13.9. The Morgan fingerprint density at radius 1 is 1.27 bits per heavy atom. The van der Waals surface area contributed by atoms with Crippen LogP contribution in [0, 0.1) is 5.92 Å². The number of ether oxygens (including phenoxy) is 1. The Bertz CT molecular complexity index is 766. The predicted molar refractivity (Wildman–Crippen MR) is 150 cm³/mol. The van der Waals surface area contributed by atoms with Crippen LogP contribution in [0.5, 0.6) is 0 Å². The topological polar surface area (TPSA) is 117 Å². The van der Waals surface area contributed by atoms with E-state index in [1.54, 1.807) is 0 Å². The van der Waals surface area contributed by atoms with Gasteiger partial charge in [-0.05, 0) is 38.6 Å². The smallest absolute Gasteiger partial charge is 0.233 e. The highest BCUT2D eigenvalue weighted by Crippen LogP contribution is 2.43. The lowest BCUT2D eigenvalue weighted by atomic mass is 9.72. The fourth-order valence-corrected chi connectivity index (χ4v) is 7.27. The summed E-state index contributed by atoms with van der Waals surface area (Å²) in [7, 11) is 0. The van der Waals surface area contributed by atoms with Crippen molar-refractivity contribution in [1.29, 1.82) is 0 Å². The zero-order valence-electron chi connectivity index (χ0n) is 23.5. The van der Waals surface area contributed by atoms with Gasteiger partial charge in [-0.1, -0.05) is 33.1 Å². The Morgan fingerprint density at radius 3 is 2.73 bits per heavy atom. The van der Waals surface area contributed by atoms with Gasteiger partial charge in [-0.2, -0.15) is 0 Å². The molecule has 9 heteroatoms. The monoisotopic (exact) mass is 542 g/mol. The molecule has 3 aliphatic rings. The Kier molecular flexibility index (Phi) is 12.1. The standard InChI is InChI=1S/C28H52ClN5O3/c1-4-6-7-8-14-33-15-12-24(37-17-16-35)21(19-33)32-27(36)25(26(30)31)23-18-28(3)13-9-11-20(29)22(10-5-2)34(23)28/h20-21,23-26,35H,4-19,30-31H2,1-3H3/p+1. The molecule has 6 atom stereocenters. The molecule has 0 saturated carbocycles. The maximum Gasteiger partial charge on any atom is 0.233 e. The molecule has 2 saturated heterocycles. The van der Waals surface area contributed by atoms with Crippen LogP contribution in [0.1, 0.15) is 91.4 Å². The average Bonchev–Trinajstić information content (AvgIpc) is 2.93. The largest absolute Gasteiger partial charge is 0.394 e. The Balaban J connectivity index is 1.76. The molecule has 6 unspecified atom stereocenters. The minimum absolute atomic E-state index is 0.00171. The van der Waals surface area contributed by atoms with E-state index < -0.39 is 12.1 Å². The normalized spacial score (nSPS) is 31.6. The molecular weight excluding hydrogens is 490 g/mol. The quantitative estimate of drug-likeness (QED) is 0.116. The number of aliphatic hydroxyl groups is 1. The van der Waals surface area contributed by atoms with E-state index >= 15 is 0 Å². The van der Waals surface area contributed by atoms with Gasteiger partial charge in [0.2, 0.25) is 5.91 Å². The fourth-order valence-electron chi connectivity index (χ4n) is 6.90. The molecule has 2 fully saturated rings. The third-order valence-electron chi connectivity index (χ3n) is 8.76. The lowest BCUT2D eigenvalue weighted by Gasteiger charge is -2.46. The summed E-state index contributed by atoms with van der Waals surface area (Å²) >= 11 is 6.87. The number of amides is 1. The number of alkyl halides is 1. The van der Waals surface area contributed by atoms with Crippen LogP contribution >= 0.6 is 11.6 Å². The first-order chi connectivity index (χ1) is 17.8. The number of nitrogens with zero attached hydrogens (tertiary/aromatic N) is 2. The summed E-state index contributed by atoms with van der Waals surface area (Å²) in [6, 6.07) is -0.202. The van der Waals surface area contributed by atoms with Gasteiger partial charge in [0.15, 0.2) is 17.3 Å². The van der Waals surface area contributed by atoms with Crippen molar-refractivity contribution in [2.75, 3.05) is 32.8 Å². The van der Waals surface area contributed by atoms with Crippen molar-refractivity contribution >= 4 is 23.2 Å². The number of fused-ring (bicyclic) bond motifs is 1. The molecule has 37 heavy (non-hydrogen) atoms. The van der Waals surface area contributed by atoms with E-state index in [1.165, 1.54) is 25.0 Å². The molecule has 0 aromatic rings. The van der Waals surface area contributed by atoms with E-state index in [0.717, 1.165) is 71.0 Å². The summed E-state index contributed by atoms with van der Waals surface area (Å²) in [6.07, 6.45) is 10.8. The Hall–Kier alpha value is -0.770. The van der Waals surface area contributed by atoms with E-state index in [9.17, 15) is 9.90 Å². The summed E-state index contributed by atoms with van der Waals surface area (Å²) in [6.45, 7) is 9.64. The minimum Gasteiger partial charge on any atom is -0.394 e. The second-order valence-corrected chi connectivity index (χ2v) is 12.3. The van der Waals surface area contributed by atoms with Crippen molar-refractivity contribution in [3.8, 4) is 0 Å². The molecule has 0 aromatic heterocycles. The lowest BCUT2D eigenvalue weighted by Crippen LogP contribution is -2.69. The van der Waals surface area contributed by atoms with Crippen molar-refractivity contribution in [3.63, 3.8) is 0 Å². The molecule has 3 aliphatic heterocycles. The van der Waals surface area contributed by atoms with Crippen LogP contribution < -0.4 is 16.8 Å². The van der Waals surface area contributed by atoms with Crippen LogP contribution in [-0.4, -0.2) is 94.3 Å². The lowest BCUT2D eigenvalue weighted by molar-refractivity contribution is -0.710. The molecule has 3 rings (SSSR count). The fraction of sp³-hybridized carbons (Fsp3) is 0.929. The van der Waals surface area contributed by atoms with Gasteiger partial charge in [0.1, 0.15) is 11.3 Å². The number of halogens is 1. The van der Waals surface area contributed by atoms with E-state index in [-0.39, 0.29) is 48.2 Å². The van der Waals surface area contributed by atoms with Gasteiger partial charge < -0.3 is 31.5 Å². The molecule has 214 valence electrons. The Labute approximate surface area is 229 Å². The number of hydrogen-bond donors (Lipinski definition) is 4. The molecule has 0 aromatic carbocycles. The van der Waals surface area contributed by atoms with Crippen LogP contribution in [0.15, 0.2) is 0 Å². The van der Waals surface area contributed by atoms with E-state index in [2.05, 4.69) is 35.6 Å². The van der Waals surface area contributed by atoms with Crippen LogP contribution in [-0.2, 0) is 9.53 Å². The zero-order valence-corrected chi connectivity index (χ0v) is 24.2. The second-order valence-electron chi connectivity index (χ2n) is 11.7. The molecule has 0 aliphatic carbocycles. The molecule has 3 heterocycles. The summed E-state index contributed by atoms with van der Waals surface area (Å²) in [5, 5.41) is 12.6. The van der Waals surface area contributed by atoms with Gasteiger partial charge in [-0.15, -0.1) is 11.6 Å². The number of nitrogens with two attached hydrogens (primary N) is 2. The molecule has 0 bridgehead atoms. The molecular formula is C28H53ClN5O3+. The van der Waals surface area contributed by atoms with Crippen molar-refractivity contribution in [2.24, 2.45) is 17.4 Å². The SMILES string of the molecule is CCCCCCN1CCC(OCCO)C(NC(=O)C(C(N)N)C2CC3(C)CCCC(Cl)C(CCC)=[N+]23)C1. The van der Waals surface area contributed by atoms with Crippen LogP contribution in [0.4, 0.5) is 0 Å². The number of carbonyl (C=O) groups excluding carboxylic acids is 1. The second kappa shape index (κ2) is 14.6. The van der Waals surface area contributed by atoms with Gasteiger partial charge in [-0.25, -0.2) is 4.58 Å². The first kappa shape index (κ1) is 30.8. The molecule has 0 spiro atoms. The number of unbranched alkanes of at least 4 members (excludes halogenated alkanes) is 3. The average molecular weight is 543 g/mol. The zero-order chi connectivity index (χ0) is 27.0. The summed E-state index contributed by atoms with van der Waals surface area (Å²) in [4.78, 5) is 16.3. The van der Waals surface area contributed by atoms with Crippen molar-refractivity contribution in [2.45, 2.75) is 127 Å². The van der Waals surface area contributed by atoms with Gasteiger partial charge in [-0.3, -0.25) is 4.79 Å². The third kappa shape index (κ3) is 7.67. The summed E-state index contributed by atoms with van der Waals surface area (Å²) < 4.78 is 8.40. The number of likely N-dealkylation sites (tertiary alicyclic amines) is 1. The number of carbonyl (C=O) groups is 1. The van der Waals surface area contributed by atoms with Crippen molar-refractivity contribution in [3.05, 3.63) is 0 Å². The van der Waals surface area contributed by atoms with Gasteiger partial charge in [0, 0.05) is 32.9 Å². The molecule has 1 amide bonds. The maximum atomic E-state index is 13.9. The van der Waals surface area contributed by atoms with Gasteiger partial charge >= 0.3 is 0 Å². The van der Waals surface area contributed by atoms with Crippen molar-refractivity contribution in [1.82, 2.24) is 10.2 Å². The number of nitrogens with one attached hydrogen (secondary N) is 1. The maximum absolute atomic E-state index is 13.9. The highest BCUT2D eigenvalue weighted by Gasteiger charge is 2.61. The highest BCUT2D eigenvalue weighted by molar-refractivity contribution is 6.31.